The third-order valence-corrected chi connectivity index (χ3v) is 2.27. The number of carbonyl (C=O) groups excluding carboxylic acids is 2. The van der Waals surface area contributed by atoms with Gasteiger partial charge in [-0.15, -0.1) is 0 Å². The van der Waals surface area contributed by atoms with Crippen LogP contribution in [0.1, 0.15) is 28.8 Å². The van der Waals surface area contributed by atoms with Crippen LogP contribution in [0.25, 0.3) is 0 Å². The van der Waals surface area contributed by atoms with Gasteiger partial charge in [0.1, 0.15) is 5.82 Å². The summed E-state index contributed by atoms with van der Waals surface area (Å²) in [6.07, 6.45) is 0.130. The number of ether oxygens (including phenoxy) is 1. The second-order valence-corrected chi connectivity index (χ2v) is 3.46. The van der Waals surface area contributed by atoms with Crippen molar-refractivity contribution in [1.29, 1.82) is 0 Å². The molecule has 1 rings (SSSR count). The van der Waals surface area contributed by atoms with E-state index in [0.717, 1.165) is 0 Å². The van der Waals surface area contributed by atoms with Crippen molar-refractivity contribution in [3.05, 3.63) is 35.1 Å². The molecule has 0 unspecified atom stereocenters. The van der Waals surface area contributed by atoms with Gasteiger partial charge in [-0.05, 0) is 30.7 Å². The van der Waals surface area contributed by atoms with Crippen LogP contribution < -0.4 is 0 Å². The highest BCUT2D eigenvalue weighted by atomic mass is 19.1. The second-order valence-electron chi connectivity index (χ2n) is 3.46. The molecule has 0 aliphatic heterocycles. The predicted molar refractivity (Wildman–Crippen MR) is 56.7 cm³/mol. The van der Waals surface area contributed by atoms with Gasteiger partial charge in [-0.3, -0.25) is 9.59 Å². The molecular weight excluding hydrogens is 211 g/mol. The molecule has 16 heavy (non-hydrogen) atoms. The van der Waals surface area contributed by atoms with Crippen molar-refractivity contribution in [1.82, 2.24) is 0 Å². The summed E-state index contributed by atoms with van der Waals surface area (Å²) in [6, 6.07) is 3.97. The Hall–Kier alpha value is -1.71. The van der Waals surface area contributed by atoms with Gasteiger partial charge in [0.15, 0.2) is 5.78 Å². The number of aryl methyl sites for hydroxylation is 1. The smallest absolute Gasteiger partial charge is 0.305 e. The Labute approximate surface area is 93.2 Å². The molecule has 0 N–H and O–H groups in total. The molecule has 0 bridgehead atoms. The van der Waals surface area contributed by atoms with Gasteiger partial charge >= 0.3 is 5.97 Å². The molecule has 1 aromatic rings. The molecule has 0 spiro atoms. The van der Waals surface area contributed by atoms with Crippen LogP contribution in [0.15, 0.2) is 18.2 Å². The van der Waals surface area contributed by atoms with Gasteiger partial charge in [-0.2, -0.15) is 0 Å². The van der Waals surface area contributed by atoms with E-state index in [-0.39, 0.29) is 24.4 Å². The first-order chi connectivity index (χ1) is 7.54. The van der Waals surface area contributed by atoms with Crippen LogP contribution in [0.4, 0.5) is 4.39 Å². The van der Waals surface area contributed by atoms with E-state index in [4.69, 9.17) is 0 Å². The molecule has 0 radical (unpaired) electrons. The van der Waals surface area contributed by atoms with Gasteiger partial charge in [-0.1, -0.05) is 0 Å². The number of esters is 1. The van der Waals surface area contributed by atoms with E-state index in [2.05, 4.69) is 4.74 Å². The Morgan fingerprint density at radius 3 is 2.56 bits per heavy atom. The van der Waals surface area contributed by atoms with Gasteiger partial charge in [-0.25, -0.2) is 4.39 Å². The normalized spacial score (nSPS) is 9.94. The minimum Gasteiger partial charge on any atom is -0.469 e. The second kappa shape index (κ2) is 5.39. The van der Waals surface area contributed by atoms with E-state index in [1.807, 2.05) is 0 Å². The van der Waals surface area contributed by atoms with E-state index >= 15 is 0 Å². The number of methoxy groups -OCH3 is 1. The Bertz CT molecular complexity index is 413. The molecule has 0 atom stereocenters. The van der Waals surface area contributed by atoms with E-state index in [1.165, 1.54) is 25.3 Å². The van der Waals surface area contributed by atoms with Crippen LogP contribution in [-0.4, -0.2) is 18.9 Å². The maximum absolute atomic E-state index is 12.8. The van der Waals surface area contributed by atoms with Crippen molar-refractivity contribution >= 4 is 11.8 Å². The monoisotopic (exact) mass is 224 g/mol. The third-order valence-electron chi connectivity index (χ3n) is 2.27. The van der Waals surface area contributed by atoms with E-state index < -0.39 is 5.97 Å². The number of benzene rings is 1. The molecule has 1 aromatic carbocycles. The molecule has 3 nitrogen and oxygen atoms in total. The molecule has 0 heterocycles. The Kier molecular flexibility index (Phi) is 4.17. The van der Waals surface area contributed by atoms with Crippen LogP contribution in [0.2, 0.25) is 0 Å². The highest BCUT2D eigenvalue weighted by Crippen LogP contribution is 2.13. The SMILES string of the molecule is COC(=O)CCC(=O)c1ccc(F)cc1C. The van der Waals surface area contributed by atoms with Crippen molar-refractivity contribution in [2.75, 3.05) is 7.11 Å². The van der Waals surface area contributed by atoms with Crippen LogP contribution >= 0.6 is 0 Å². The van der Waals surface area contributed by atoms with Crippen LogP contribution in [-0.2, 0) is 9.53 Å². The van der Waals surface area contributed by atoms with Crippen LogP contribution in [0.3, 0.4) is 0 Å². The molecule has 0 saturated carbocycles. The van der Waals surface area contributed by atoms with Crippen molar-refractivity contribution in [2.24, 2.45) is 0 Å². The zero-order valence-electron chi connectivity index (χ0n) is 9.25. The quantitative estimate of drug-likeness (QED) is 0.582. The first-order valence-corrected chi connectivity index (χ1v) is 4.90. The lowest BCUT2D eigenvalue weighted by atomic mass is 10.0. The lowest BCUT2D eigenvalue weighted by molar-refractivity contribution is -0.140. The summed E-state index contributed by atoms with van der Waals surface area (Å²) in [4.78, 5) is 22.5. The predicted octanol–water partition coefficient (Wildman–Crippen LogP) is 2.27. The van der Waals surface area contributed by atoms with E-state index in [9.17, 15) is 14.0 Å². The van der Waals surface area contributed by atoms with Crippen molar-refractivity contribution in [3.8, 4) is 0 Å². The molecule has 0 amide bonds. The zero-order chi connectivity index (χ0) is 12.1. The van der Waals surface area contributed by atoms with Crippen molar-refractivity contribution in [3.63, 3.8) is 0 Å². The number of hydrogen-bond acceptors (Lipinski definition) is 3. The maximum Gasteiger partial charge on any atom is 0.305 e. The summed E-state index contributed by atoms with van der Waals surface area (Å²) >= 11 is 0. The first-order valence-electron chi connectivity index (χ1n) is 4.90. The lowest BCUT2D eigenvalue weighted by Gasteiger charge is -2.04. The Balaban J connectivity index is 2.70. The third kappa shape index (κ3) is 3.15. The molecule has 86 valence electrons. The summed E-state index contributed by atoms with van der Waals surface area (Å²) in [7, 11) is 1.27. The minimum atomic E-state index is -0.423. The molecule has 0 aromatic heterocycles. The average molecular weight is 224 g/mol. The number of carbonyl (C=O) groups is 2. The number of ketones is 1. The van der Waals surface area contributed by atoms with Gasteiger partial charge < -0.3 is 4.74 Å². The fourth-order valence-electron chi connectivity index (χ4n) is 1.39. The Morgan fingerprint density at radius 2 is 2.00 bits per heavy atom. The number of Topliss-reactive ketones (excluding diaryl/α,β-unsaturated/α-hetero) is 1. The molecule has 0 saturated heterocycles. The van der Waals surface area contributed by atoms with Gasteiger partial charge in [0, 0.05) is 12.0 Å². The molecule has 0 fully saturated rings. The Morgan fingerprint density at radius 1 is 1.31 bits per heavy atom. The van der Waals surface area contributed by atoms with Crippen LogP contribution in [0, 0.1) is 12.7 Å². The minimum absolute atomic E-state index is 0.0478. The number of hydrogen-bond donors (Lipinski definition) is 0. The highest BCUT2D eigenvalue weighted by molar-refractivity contribution is 5.98. The van der Waals surface area contributed by atoms with Gasteiger partial charge in [0.25, 0.3) is 0 Å². The molecule has 4 heteroatoms. The standard InChI is InChI=1S/C12H13FO3/c1-8-7-9(13)3-4-10(8)11(14)5-6-12(15)16-2/h3-4,7H,5-6H2,1-2H3. The number of halogens is 1. The summed E-state index contributed by atoms with van der Waals surface area (Å²) in [5.74, 6) is -0.974. The summed E-state index contributed by atoms with van der Waals surface area (Å²) < 4.78 is 17.2. The molecular formula is C12H13FO3. The van der Waals surface area contributed by atoms with Gasteiger partial charge in [0.2, 0.25) is 0 Å². The zero-order valence-corrected chi connectivity index (χ0v) is 9.25. The highest BCUT2D eigenvalue weighted by Gasteiger charge is 2.11. The average Bonchev–Trinajstić information content (AvgIpc) is 2.25. The molecule has 0 aliphatic rings. The van der Waals surface area contributed by atoms with Crippen LogP contribution in [0.5, 0.6) is 0 Å². The largest absolute Gasteiger partial charge is 0.469 e. The maximum atomic E-state index is 12.8. The van der Waals surface area contributed by atoms with E-state index in [0.29, 0.717) is 11.1 Å². The molecule has 0 aliphatic carbocycles. The topological polar surface area (TPSA) is 43.4 Å². The van der Waals surface area contributed by atoms with E-state index in [1.54, 1.807) is 6.92 Å². The summed E-state index contributed by atoms with van der Waals surface area (Å²) in [6.45, 7) is 1.66. The van der Waals surface area contributed by atoms with Crippen molar-refractivity contribution < 1.29 is 18.7 Å². The summed E-state index contributed by atoms with van der Waals surface area (Å²) in [5.41, 5.74) is 1.03. The fraction of sp³-hybridized carbons (Fsp3) is 0.333. The number of rotatable bonds is 4. The van der Waals surface area contributed by atoms with Gasteiger partial charge in [0.05, 0.1) is 13.5 Å². The fourth-order valence-corrected chi connectivity index (χ4v) is 1.39. The summed E-state index contributed by atoms with van der Waals surface area (Å²) in [5, 5.41) is 0. The van der Waals surface area contributed by atoms with Crippen molar-refractivity contribution in [2.45, 2.75) is 19.8 Å². The first kappa shape index (κ1) is 12.4. The lowest BCUT2D eigenvalue weighted by Crippen LogP contribution is -2.07.